The highest BCUT2D eigenvalue weighted by molar-refractivity contribution is 7.07. The number of nitrogens with zero attached hydrogens (tertiary/aromatic N) is 2. The lowest BCUT2D eigenvalue weighted by molar-refractivity contribution is 0.293. The van der Waals surface area contributed by atoms with E-state index in [1.54, 1.807) is 11.3 Å². The van der Waals surface area contributed by atoms with Crippen molar-refractivity contribution >= 4 is 17.2 Å². The SMILES string of the molecule is CCN(CCC(N)=NO)CCc1ccsc1. The van der Waals surface area contributed by atoms with E-state index in [0.717, 1.165) is 26.1 Å². The van der Waals surface area contributed by atoms with Crippen molar-refractivity contribution in [3.63, 3.8) is 0 Å². The van der Waals surface area contributed by atoms with Crippen molar-refractivity contribution < 1.29 is 5.21 Å². The summed E-state index contributed by atoms with van der Waals surface area (Å²) in [6.07, 6.45) is 1.68. The number of hydrogen-bond acceptors (Lipinski definition) is 4. The van der Waals surface area contributed by atoms with Crippen LogP contribution in [0.1, 0.15) is 18.9 Å². The van der Waals surface area contributed by atoms with Gasteiger partial charge in [0.1, 0.15) is 5.84 Å². The highest BCUT2D eigenvalue weighted by Crippen LogP contribution is 2.07. The molecule has 3 N–H and O–H groups in total. The number of amidine groups is 1. The molecule has 0 bridgehead atoms. The van der Waals surface area contributed by atoms with Gasteiger partial charge in [-0.1, -0.05) is 12.1 Å². The largest absolute Gasteiger partial charge is 0.409 e. The first-order chi connectivity index (χ1) is 7.76. The Labute approximate surface area is 100 Å². The third-order valence-electron chi connectivity index (χ3n) is 2.56. The summed E-state index contributed by atoms with van der Waals surface area (Å²) >= 11 is 1.73. The van der Waals surface area contributed by atoms with Gasteiger partial charge in [0.15, 0.2) is 0 Å². The van der Waals surface area contributed by atoms with E-state index in [1.807, 2.05) is 0 Å². The van der Waals surface area contributed by atoms with E-state index in [0.29, 0.717) is 12.3 Å². The molecule has 0 aliphatic carbocycles. The van der Waals surface area contributed by atoms with Crippen LogP contribution < -0.4 is 5.73 Å². The van der Waals surface area contributed by atoms with Crippen LogP contribution in [-0.4, -0.2) is 35.6 Å². The molecule has 4 nitrogen and oxygen atoms in total. The third-order valence-corrected chi connectivity index (χ3v) is 3.29. The van der Waals surface area contributed by atoms with Crippen LogP contribution in [0.3, 0.4) is 0 Å². The fourth-order valence-electron chi connectivity index (χ4n) is 1.47. The molecule has 0 unspecified atom stereocenters. The maximum Gasteiger partial charge on any atom is 0.140 e. The van der Waals surface area contributed by atoms with Crippen molar-refractivity contribution in [3.8, 4) is 0 Å². The highest BCUT2D eigenvalue weighted by atomic mass is 32.1. The maximum absolute atomic E-state index is 8.45. The van der Waals surface area contributed by atoms with Crippen LogP contribution in [0.15, 0.2) is 22.0 Å². The van der Waals surface area contributed by atoms with Crippen LogP contribution in [0.25, 0.3) is 0 Å². The quantitative estimate of drug-likeness (QED) is 0.331. The summed E-state index contributed by atoms with van der Waals surface area (Å²) in [5.41, 5.74) is 6.82. The molecule has 0 spiro atoms. The molecular weight excluding hydrogens is 222 g/mol. The molecule has 0 aliphatic rings. The summed E-state index contributed by atoms with van der Waals surface area (Å²) in [6, 6.07) is 2.15. The van der Waals surface area contributed by atoms with E-state index < -0.39 is 0 Å². The normalized spacial score (nSPS) is 12.2. The van der Waals surface area contributed by atoms with E-state index in [2.05, 4.69) is 33.8 Å². The van der Waals surface area contributed by atoms with Gasteiger partial charge in [-0.25, -0.2) is 0 Å². The molecule has 16 heavy (non-hydrogen) atoms. The Bertz CT molecular complexity index is 311. The standard InChI is InChI=1S/C11H19N3OS/c1-2-14(7-4-11(12)13-15)6-3-10-5-8-16-9-10/h5,8-9,15H,2-4,6-7H2,1H3,(H2,12,13). The molecule has 1 rings (SSSR count). The van der Waals surface area contributed by atoms with Gasteiger partial charge in [0.2, 0.25) is 0 Å². The molecule has 0 amide bonds. The van der Waals surface area contributed by atoms with Crippen LogP contribution in [0, 0.1) is 0 Å². The van der Waals surface area contributed by atoms with Gasteiger partial charge in [0.25, 0.3) is 0 Å². The first-order valence-electron chi connectivity index (χ1n) is 5.46. The van der Waals surface area contributed by atoms with Gasteiger partial charge in [-0.2, -0.15) is 11.3 Å². The average Bonchev–Trinajstić information content (AvgIpc) is 2.81. The van der Waals surface area contributed by atoms with Crippen LogP contribution >= 0.6 is 11.3 Å². The van der Waals surface area contributed by atoms with E-state index >= 15 is 0 Å². The molecule has 0 radical (unpaired) electrons. The molecule has 1 aromatic heterocycles. The van der Waals surface area contributed by atoms with E-state index in [1.165, 1.54) is 5.56 Å². The van der Waals surface area contributed by atoms with Gasteiger partial charge >= 0.3 is 0 Å². The predicted octanol–water partition coefficient (Wildman–Crippen LogP) is 1.75. The van der Waals surface area contributed by atoms with Crippen LogP contribution in [-0.2, 0) is 6.42 Å². The Balaban J connectivity index is 2.26. The second-order valence-corrected chi connectivity index (χ2v) is 4.44. The number of rotatable bonds is 7. The van der Waals surface area contributed by atoms with Gasteiger partial charge in [-0.3, -0.25) is 0 Å². The van der Waals surface area contributed by atoms with Crippen molar-refractivity contribution in [3.05, 3.63) is 22.4 Å². The first kappa shape index (κ1) is 13.0. The van der Waals surface area contributed by atoms with Gasteiger partial charge < -0.3 is 15.8 Å². The molecule has 0 saturated heterocycles. The van der Waals surface area contributed by atoms with Crippen LogP contribution in [0.5, 0.6) is 0 Å². The summed E-state index contributed by atoms with van der Waals surface area (Å²) in [4.78, 5) is 2.30. The molecule has 90 valence electrons. The fourth-order valence-corrected chi connectivity index (χ4v) is 2.18. The zero-order valence-corrected chi connectivity index (χ0v) is 10.4. The van der Waals surface area contributed by atoms with E-state index in [4.69, 9.17) is 10.9 Å². The van der Waals surface area contributed by atoms with Gasteiger partial charge in [0, 0.05) is 19.5 Å². The zero-order chi connectivity index (χ0) is 11.8. The molecule has 0 fully saturated rings. The highest BCUT2D eigenvalue weighted by Gasteiger charge is 2.04. The summed E-state index contributed by atoms with van der Waals surface area (Å²) < 4.78 is 0. The monoisotopic (exact) mass is 241 g/mol. The summed E-state index contributed by atoms with van der Waals surface area (Å²) in [5.74, 6) is 0.300. The lowest BCUT2D eigenvalue weighted by Gasteiger charge is -2.19. The lowest BCUT2D eigenvalue weighted by atomic mass is 10.2. The number of oxime groups is 1. The molecule has 5 heteroatoms. The molecular formula is C11H19N3OS. The van der Waals surface area contributed by atoms with Gasteiger partial charge in [-0.05, 0) is 35.4 Å². The molecule has 0 aliphatic heterocycles. The Hall–Kier alpha value is -1.07. The van der Waals surface area contributed by atoms with Crippen molar-refractivity contribution in [1.29, 1.82) is 0 Å². The Morgan fingerprint density at radius 2 is 2.38 bits per heavy atom. The minimum atomic E-state index is 0.300. The minimum absolute atomic E-state index is 0.300. The molecule has 1 aromatic rings. The number of thiophene rings is 1. The van der Waals surface area contributed by atoms with Gasteiger partial charge in [-0.15, -0.1) is 0 Å². The topological polar surface area (TPSA) is 61.8 Å². The van der Waals surface area contributed by atoms with Crippen LogP contribution in [0.4, 0.5) is 0 Å². The first-order valence-corrected chi connectivity index (χ1v) is 6.40. The van der Waals surface area contributed by atoms with E-state index in [9.17, 15) is 0 Å². The minimum Gasteiger partial charge on any atom is -0.409 e. The van der Waals surface area contributed by atoms with E-state index in [-0.39, 0.29) is 0 Å². The van der Waals surface area contributed by atoms with Crippen LogP contribution in [0.2, 0.25) is 0 Å². The molecule has 0 atom stereocenters. The second-order valence-electron chi connectivity index (χ2n) is 3.66. The van der Waals surface area contributed by atoms with Crippen molar-refractivity contribution in [2.75, 3.05) is 19.6 Å². The van der Waals surface area contributed by atoms with Gasteiger partial charge in [0.05, 0.1) is 0 Å². The molecule has 0 aromatic carbocycles. The molecule has 1 heterocycles. The maximum atomic E-state index is 8.45. The number of hydrogen-bond donors (Lipinski definition) is 2. The lowest BCUT2D eigenvalue weighted by Crippen LogP contribution is -2.30. The second kappa shape index (κ2) is 7.24. The summed E-state index contributed by atoms with van der Waals surface area (Å²) in [7, 11) is 0. The van der Waals surface area contributed by atoms with Crippen molar-refractivity contribution in [2.45, 2.75) is 19.8 Å². The summed E-state index contributed by atoms with van der Waals surface area (Å²) in [5, 5.41) is 15.7. The summed E-state index contributed by atoms with van der Waals surface area (Å²) in [6.45, 7) is 4.98. The third kappa shape index (κ3) is 4.63. The average molecular weight is 241 g/mol. The Morgan fingerprint density at radius 1 is 1.56 bits per heavy atom. The number of likely N-dealkylation sites (N-methyl/N-ethyl adjacent to an activating group) is 1. The Kier molecular flexibility index (Phi) is 5.88. The Morgan fingerprint density at radius 3 is 2.94 bits per heavy atom. The predicted molar refractivity (Wildman–Crippen MR) is 68.2 cm³/mol. The zero-order valence-electron chi connectivity index (χ0n) is 9.59. The molecule has 0 saturated carbocycles. The fraction of sp³-hybridized carbons (Fsp3) is 0.545. The number of nitrogens with two attached hydrogens (primary N) is 1. The van der Waals surface area contributed by atoms with Crippen molar-refractivity contribution in [2.24, 2.45) is 10.9 Å². The van der Waals surface area contributed by atoms with Crippen molar-refractivity contribution in [1.82, 2.24) is 4.90 Å². The smallest absolute Gasteiger partial charge is 0.140 e.